The first kappa shape index (κ1) is 11.6. The van der Waals surface area contributed by atoms with Crippen LogP contribution in [0.25, 0.3) is 0 Å². The Bertz CT molecular complexity index is 391. The molecule has 1 aromatic heterocycles. The SMILES string of the molecule is CCN(CC1CCC1)c1n[nH]c(=S)n1CC. The zero-order valence-corrected chi connectivity index (χ0v) is 10.9. The molecule has 1 saturated carbocycles. The molecule has 2 rings (SSSR count). The molecule has 1 aliphatic carbocycles. The van der Waals surface area contributed by atoms with Gasteiger partial charge in [-0.15, -0.1) is 5.10 Å². The molecule has 0 radical (unpaired) electrons. The third-order valence-corrected chi connectivity index (χ3v) is 3.73. The van der Waals surface area contributed by atoms with Crippen molar-refractivity contribution in [2.45, 2.75) is 39.7 Å². The zero-order valence-electron chi connectivity index (χ0n) is 10.1. The monoisotopic (exact) mass is 240 g/mol. The van der Waals surface area contributed by atoms with Gasteiger partial charge < -0.3 is 4.90 Å². The Balaban J connectivity index is 2.14. The standard InChI is InChI=1S/C11H20N4S/c1-3-14(8-9-6-5-7-9)10-12-13-11(16)15(10)4-2/h9H,3-8H2,1-2H3,(H,13,16). The van der Waals surface area contributed by atoms with Gasteiger partial charge in [0.05, 0.1) is 0 Å². The van der Waals surface area contributed by atoms with Crippen molar-refractivity contribution in [2.24, 2.45) is 5.92 Å². The fourth-order valence-corrected chi connectivity index (χ4v) is 2.43. The molecule has 0 bridgehead atoms. The van der Waals surface area contributed by atoms with Crippen LogP contribution in [-0.2, 0) is 6.54 Å². The summed E-state index contributed by atoms with van der Waals surface area (Å²) < 4.78 is 2.79. The molecule has 0 aliphatic heterocycles. The van der Waals surface area contributed by atoms with E-state index in [9.17, 15) is 0 Å². The van der Waals surface area contributed by atoms with Crippen molar-refractivity contribution in [1.82, 2.24) is 14.8 Å². The highest BCUT2D eigenvalue weighted by Crippen LogP contribution is 2.28. The highest BCUT2D eigenvalue weighted by molar-refractivity contribution is 7.71. The number of aromatic nitrogens is 3. The third-order valence-electron chi connectivity index (χ3n) is 3.42. The summed E-state index contributed by atoms with van der Waals surface area (Å²) in [7, 11) is 0. The van der Waals surface area contributed by atoms with Gasteiger partial charge in [-0.1, -0.05) is 6.42 Å². The average molecular weight is 240 g/mol. The minimum Gasteiger partial charge on any atom is -0.341 e. The number of rotatable bonds is 5. The van der Waals surface area contributed by atoms with Crippen molar-refractivity contribution in [3.05, 3.63) is 4.77 Å². The number of H-pyrrole nitrogens is 1. The first-order valence-corrected chi connectivity index (χ1v) is 6.57. The maximum absolute atomic E-state index is 5.21. The van der Waals surface area contributed by atoms with Crippen molar-refractivity contribution in [1.29, 1.82) is 0 Å². The number of nitrogens with one attached hydrogen (secondary N) is 1. The summed E-state index contributed by atoms with van der Waals surface area (Å²) in [6.07, 6.45) is 4.13. The lowest BCUT2D eigenvalue weighted by molar-refractivity contribution is 0.316. The van der Waals surface area contributed by atoms with Gasteiger partial charge in [-0.05, 0) is 44.8 Å². The number of hydrogen-bond donors (Lipinski definition) is 1. The summed E-state index contributed by atoms with van der Waals surface area (Å²) in [6, 6.07) is 0. The molecule has 0 unspecified atom stereocenters. The first-order chi connectivity index (χ1) is 7.76. The van der Waals surface area contributed by atoms with Gasteiger partial charge >= 0.3 is 0 Å². The summed E-state index contributed by atoms with van der Waals surface area (Å²) in [5.41, 5.74) is 0. The van der Waals surface area contributed by atoms with E-state index in [1.54, 1.807) is 0 Å². The van der Waals surface area contributed by atoms with E-state index >= 15 is 0 Å². The van der Waals surface area contributed by atoms with E-state index in [1.165, 1.54) is 19.3 Å². The highest BCUT2D eigenvalue weighted by atomic mass is 32.1. The van der Waals surface area contributed by atoms with Crippen molar-refractivity contribution in [2.75, 3.05) is 18.0 Å². The predicted molar refractivity (Wildman–Crippen MR) is 68.3 cm³/mol. The molecular formula is C11H20N4S. The molecule has 1 fully saturated rings. The molecule has 0 aromatic carbocycles. The Labute approximate surface area is 102 Å². The Morgan fingerprint density at radius 2 is 2.25 bits per heavy atom. The molecular weight excluding hydrogens is 220 g/mol. The summed E-state index contributed by atoms with van der Waals surface area (Å²) in [6.45, 7) is 7.28. The molecule has 1 N–H and O–H groups in total. The topological polar surface area (TPSA) is 36.9 Å². The molecule has 1 heterocycles. The Kier molecular flexibility index (Phi) is 3.63. The Hall–Kier alpha value is -0.840. The van der Waals surface area contributed by atoms with Crippen LogP contribution in [0.3, 0.4) is 0 Å². The number of aromatic amines is 1. The molecule has 16 heavy (non-hydrogen) atoms. The van der Waals surface area contributed by atoms with Gasteiger partial charge in [0, 0.05) is 19.6 Å². The number of hydrogen-bond acceptors (Lipinski definition) is 3. The molecule has 90 valence electrons. The third kappa shape index (κ3) is 2.14. The van der Waals surface area contributed by atoms with Crippen LogP contribution in [0.5, 0.6) is 0 Å². The van der Waals surface area contributed by atoms with Crippen molar-refractivity contribution < 1.29 is 0 Å². The second-order valence-corrected chi connectivity index (χ2v) is 4.80. The van der Waals surface area contributed by atoms with E-state index < -0.39 is 0 Å². The summed E-state index contributed by atoms with van der Waals surface area (Å²) >= 11 is 5.21. The Morgan fingerprint density at radius 1 is 1.50 bits per heavy atom. The van der Waals surface area contributed by atoms with Crippen LogP contribution < -0.4 is 4.90 Å². The lowest BCUT2D eigenvalue weighted by atomic mass is 9.85. The number of anilines is 1. The van der Waals surface area contributed by atoms with Gasteiger partial charge in [0.25, 0.3) is 0 Å². The Morgan fingerprint density at radius 3 is 2.75 bits per heavy atom. The predicted octanol–water partition coefficient (Wildman–Crippen LogP) is 2.59. The quantitative estimate of drug-likeness (QED) is 0.804. The van der Waals surface area contributed by atoms with Gasteiger partial charge in [0.2, 0.25) is 5.95 Å². The van der Waals surface area contributed by atoms with Gasteiger partial charge in [-0.2, -0.15) is 0 Å². The van der Waals surface area contributed by atoms with Gasteiger partial charge in [0.15, 0.2) is 4.77 Å². The molecule has 1 aromatic rings. The normalized spacial score (nSPS) is 16.1. The van der Waals surface area contributed by atoms with Crippen LogP contribution in [0.2, 0.25) is 0 Å². The molecule has 1 aliphatic rings. The summed E-state index contributed by atoms with van der Waals surface area (Å²) in [4.78, 5) is 2.33. The van der Waals surface area contributed by atoms with Crippen LogP contribution in [0.4, 0.5) is 5.95 Å². The molecule has 0 saturated heterocycles. The lowest BCUT2D eigenvalue weighted by Gasteiger charge is -2.32. The lowest BCUT2D eigenvalue weighted by Crippen LogP contribution is -2.34. The second-order valence-electron chi connectivity index (χ2n) is 4.41. The van der Waals surface area contributed by atoms with Gasteiger partial charge in [-0.3, -0.25) is 4.57 Å². The highest BCUT2D eigenvalue weighted by Gasteiger charge is 2.22. The molecule has 0 spiro atoms. The first-order valence-electron chi connectivity index (χ1n) is 6.16. The van der Waals surface area contributed by atoms with Crippen LogP contribution >= 0.6 is 12.2 Å². The number of nitrogens with zero attached hydrogens (tertiary/aromatic N) is 3. The smallest absolute Gasteiger partial charge is 0.225 e. The van der Waals surface area contributed by atoms with Crippen LogP contribution in [-0.4, -0.2) is 27.9 Å². The van der Waals surface area contributed by atoms with E-state index in [4.69, 9.17) is 12.2 Å². The van der Waals surface area contributed by atoms with Gasteiger partial charge in [-0.25, -0.2) is 5.10 Å². The second kappa shape index (κ2) is 4.99. The summed E-state index contributed by atoms with van der Waals surface area (Å²) in [5, 5.41) is 7.23. The van der Waals surface area contributed by atoms with Gasteiger partial charge in [0.1, 0.15) is 0 Å². The maximum Gasteiger partial charge on any atom is 0.225 e. The van der Waals surface area contributed by atoms with Crippen LogP contribution in [0, 0.1) is 10.7 Å². The largest absolute Gasteiger partial charge is 0.341 e. The van der Waals surface area contributed by atoms with Crippen molar-refractivity contribution in [3.63, 3.8) is 0 Å². The fraction of sp³-hybridized carbons (Fsp3) is 0.818. The molecule has 5 heteroatoms. The van der Waals surface area contributed by atoms with E-state index in [2.05, 4.69) is 33.5 Å². The maximum atomic E-state index is 5.21. The molecule has 0 atom stereocenters. The summed E-state index contributed by atoms with van der Waals surface area (Å²) in [5.74, 6) is 1.86. The van der Waals surface area contributed by atoms with E-state index in [-0.39, 0.29) is 0 Å². The minimum absolute atomic E-state index is 0.726. The molecule has 4 nitrogen and oxygen atoms in total. The van der Waals surface area contributed by atoms with E-state index in [1.807, 2.05) is 0 Å². The zero-order chi connectivity index (χ0) is 11.5. The fourth-order valence-electron chi connectivity index (χ4n) is 2.18. The van der Waals surface area contributed by atoms with Crippen LogP contribution in [0.1, 0.15) is 33.1 Å². The van der Waals surface area contributed by atoms with E-state index in [0.29, 0.717) is 0 Å². The molecule has 0 amide bonds. The average Bonchev–Trinajstić information content (AvgIpc) is 2.58. The van der Waals surface area contributed by atoms with Crippen LogP contribution in [0.15, 0.2) is 0 Å². The minimum atomic E-state index is 0.726. The van der Waals surface area contributed by atoms with E-state index in [0.717, 1.165) is 36.3 Å². The van der Waals surface area contributed by atoms with Crippen molar-refractivity contribution in [3.8, 4) is 0 Å². The van der Waals surface area contributed by atoms with Crippen molar-refractivity contribution >= 4 is 18.2 Å².